The van der Waals surface area contributed by atoms with E-state index in [2.05, 4.69) is 11.2 Å². The highest BCUT2D eigenvalue weighted by molar-refractivity contribution is 5.87. The average Bonchev–Trinajstić information content (AvgIpc) is 2.45. The van der Waals surface area contributed by atoms with Gasteiger partial charge in [-0.05, 0) is 19.4 Å². The van der Waals surface area contributed by atoms with Gasteiger partial charge in [-0.3, -0.25) is 0 Å². The molecule has 20 heavy (non-hydrogen) atoms. The molecule has 106 valence electrons. The van der Waals surface area contributed by atoms with Crippen molar-refractivity contribution in [3.63, 3.8) is 0 Å². The summed E-state index contributed by atoms with van der Waals surface area (Å²) in [5.41, 5.74) is -1.00. The van der Waals surface area contributed by atoms with E-state index in [-0.39, 0.29) is 6.54 Å². The number of carboxylic acid groups (broad SMARTS) is 1. The minimum atomic E-state index is -1.50. The highest BCUT2D eigenvalue weighted by Crippen LogP contribution is 2.21. The lowest BCUT2D eigenvalue weighted by Gasteiger charge is -2.30. The van der Waals surface area contributed by atoms with E-state index >= 15 is 0 Å². The van der Waals surface area contributed by atoms with Crippen LogP contribution in [0.15, 0.2) is 30.3 Å². The molecular formula is C15H18N2O3. The van der Waals surface area contributed by atoms with Gasteiger partial charge in [0.15, 0.2) is 5.54 Å². The first kappa shape index (κ1) is 15.6. The molecule has 0 fully saturated rings. The van der Waals surface area contributed by atoms with Gasteiger partial charge in [-0.25, -0.2) is 9.59 Å². The number of hydrogen-bond acceptors (Lipinski definition) is 2. The van der Waals surface area contributed by atoms with Crippen LogP contribution < -0.4 is 5.32 Å². The zero-order chi connectivity index (χ0) is 15.2. The van der Waals surface area contributed by atoms with Crippen molar-refractivity contribution >= 4 is 12.0 Å². The summed E-state index contributed by atoms with van der Waals surface area (Å²) in [5.74, 6) is 1.24. The summed E-state index contributed by atoms with van der Waals surface area (Å²) in [5, 5.41) is 12.0. The van der Waals surface area contributed by atoms with Crippen LogP contribution >= 0.6 is 0 Å². The molecule has 5 nitrogen and oxygen atoms in total. The minimum Gasteiger partial charge on any atom is -0.479 e. The lowest BCUT2D eigenvalue weighted by molar-refractivity contribution is -0.144. The molecule has 1 rings (SSSR count). The highest BCUT2D eigenvalue weighted by Gasteiger charge is 2.37. The number of rotatable bonds is 5. The maximum atomic E-state index is 12.1. The van der Waals surface area contributed by atoms with E-state index < -0.39 is 17.5 Å². The second-order valence-electron chi connectivity index (χ2n) is 4.44. The van der Waals surface area contributed by atoms with Crippen LogP contribution in [0.4, 0.5) is 4.79 Å². The van der Waals surface area contributed by atoms with Crippen LogP contribution in [0.3, 0.4) is 0 Å². The van der Waals surface area contributed by atoms with Crippen LogP contribution in [0.1, 0.15) is 19.4 Å². The van der Waals surface area contributed by atoms with Crippen molar-refractivity contribution < 1.29 is 14.7 Å². The summed E-state index contributed by atoms with van der Waals surface area (Å²) in [6.45, 7) is 3.76. The Balaban J connectivity index is 3.02. The number of nitrogens with one attached hydrogen (secondary N) is 1. The summed E-state index contributed by atoms with van der Waals surface area (Å²) in [7, 11) is 0. The normalized spacial score (nSPS) is 12.8. The topological polar surface area (TPSA) is 69.6 Å². The van der Waals surface area contributed by atoms with Crippen molar-refractivity contribution in [3.8, 4) is 12.3 Å². The van der Waals surface area contributed by atoms with Crippen molar-refractivity contribution in [2.24, 2.45) is 0 Å². The number of nitrogens with zero attached hydrogens (tertiary/aromatic N) is 1. The van der Waals surface area contributed by atoms with Crippen LogP contribution in [-0.2, 0) is 10.3 Å². The third-order valence-electron chi connectivity index (χ3n) is 3.09. The standard InChI is InChI=1S/C15H18N2O3/c1-4-11-17(5-2)14(20)16-15(3,13(18)19)12-9-7-6-8-10-12/h1,6-10H,5,11H2,2-3H3,(H,16,20)(H,18,19). The maximum Gasteiger partial charge on any atom is 0.333 e. The fraction of sp³-hybridized carbons (Fsp3) is 0.333. The van der Waals surface area contributed by atoms with Gasteiger partial charge in [-0.2, -0.15) is 0 Å². The zero-order valence-corrected chi connectivity index (χ0v) is 11.6. The van der Waals surface area contributed by atoms with E-state index in [1.54, 1.807) is 37.3 Å². The highest BCUT2D eigenvalue weighted by atomic mass is 16.4. The van der Waals surface area contributed by atoms with Gasteiger partial charge in [0.1, 0.15) is 0 Å². The molecule has 5 heteroatoms. The number of carboxylic acids is 1. The second-order valence-corrected chi connectivity index (χ2v) is 4.44. The molecule has 0 aliphatic carbocycles. The van der Waals surface area contributed by atoms with Crippen molar-refractivity contribution in [1.82, 2.24) is 10.2 Å². The number of terminal acetylenes is 1. The first-order valence-corrected chi connectivity index (χ1v) is 6.25. The number of carbonyl (C=O) groups excluding carboxylic acids is 1. The molecule has 2 amide bonds. The summed E-state index contributed by atoms with van der Waals surface area (Å²) < 4.78 is 0. The van der Waals surface area contributed by atoms with E-state index in [1.807, 2.05) is 0 Å². The summed E-state index contributed by atoms with van der Waals surface area (Å²) >= 11 is 0. The molecule has 0 bridgehead atoms. The maximum absolute atomic E-state index is 12.1. The van der Waals surface area contributed by atoms with Crippen molar-refractivity contribution in [2.75, 3.05) is 13.1 Å². The molecular weight excluding hydrogens is 256 g/mol. The van der Waals surface area contributed by atoms with Gasteiger partial charge >= 0.3 is 12.0 Å². The number of carbonyl (C=O) groups is 2. The fourth-order valence-electron chi connectivity index (χ4n) is 1.75. The third-order valence-corrected chi connectivity index (χ3v) is 3.09. The smallest absolute Gasteiger partial charge is 0.333 e. The predicted octanol–water partition coefficient (Wildman–Crippen LogP) is 1.65. The van der Waals surface area contributed by atoms with Gasteiger partial charge in [0, 0.05) is 6.54 Å². The van der Waals surface area contributed by atoms with Gasteiger partial charge in [0.05, 0.1) is 6.54 Å². The molecule has 1 aromatic rings. The van der Waals surface area contributed by atoms with Crippen LogP contribution in [0.5, 0.6) is 0 Å². The SMILES string of the molecule is C#CCN(CC)C(=O)NC(C)(C(=O)O)c1ccccc1. The molecule has 0 saturated carbocycles. The Morgan fingerprint density at radius 2 is 2.00 bits per heavy atom. The molecule has 0 spiro atoms. The summed E-state index contributed by atoms with van der Waals surface area (Å²) in [6.07, 6.45) is 5.19. The zero-order valence-electron chi connectivity index (χ0n) is 11.6. The Bertz CT molecular complexity index is 522. The molecule has 0 aromatic heterocycles. The lowest BCUT2D eigenvalue weighted by atomic mass is 9.92. The largest absolute Gasteiger partial charge is 0.479 e. The fourth-order valence-corrected chi connectivity index (χ4v) is 1.75. The number of benzene rings is 1. The lowest BCUT2D eigenvalue weighted by Crippen LogP contribution is -2.54. The quantitative estimate of drug-likeness (QED) is 0.802. The van der Waals surface area contributed by atoms with Crippen molar-refractivity contribution in [3.05, 3.63) is 35.9 Å². The Hall–Kier alpha value is -2.48. The summed E-state index contributed by atoms with van der Waals surface area (Å²) in [6, 6.07) is 8.05. The predicted molar refractivity (Wildman–Crippen MR) is 76.0 cm³/mol. The molecule has 1 atom stereocenters. The first-order chi connectivity index (χ1) is 9.45. The van der Waals surface area contributed by atoms with Crippen LogP contribution in [-0.4, -0.2) is 35.1 Å². The minimum absolute atomic E-state index is 0.132. The molecule has 1 aromatic carbocycles. The van der Waals surface area contributed by atoms with Crippen LogP contribution in [0.2, 0.25) is 0 Å². The number of aliphatic carboxylic acids is 1. The molecule has 1 unspecified atom stereocenters. The van der Waals surface area contributed by atoms with E-state index in [0.717, 1.165) is 0 Å². The molecule has 0 aliphatic rings. The van der Waals surface area contributed by atoms with E-state index in [0.29, 0.717) is 12.1 Å². The Kier molecular flexibility index (Phi) is 5.15. The Labute approximate surface area is 118 Å². The average molecular weight is 274 g/mol. The molecule has 2 N–H and O–H groups in total. The molecule has 0 heterocycles. The third kappa shape index (κ3) is 3.29. The van der Waals surface area contributed by atoms with Gasteiger partial charge < -0.3 is 15.3 Å². The molecule has 0 radical (unpaired) electrons. The second kappa shape index (κ2) is 6.62. The Morgan fingerprint density at radius 1 is 1.40 bits per heavy atom. The number of amides is 2. The molecule has 0 aliphatic heterocycles. The van der Waals surface area contributed by atoms with Gasteiger partial charge in [0.2, 0.25) is 0 Å². The number of hydrogen-bond donors (Lipinski definition) is 2. The summed E-state index contributed by atoms with van der Waals surface area (Å²) in [4.78, 5) is 25.0. The number of urea groups is 1. The first-order valence-electron chi connectivity index (χ1n) is 6.25. The van der Waals surface area contributed by atoms with Crippen molar-refractivity contribution in [2.45, 2.75) is 19.4 Å². The molecule has 0 saturated heterocycles. The van der Waals surface area contributed by atoms with Gasteiger partial charge in [-0.15, -0.1) is 6.42 Å². The van der Waals surface area contributed by atoms with E-state index in [9.17, 15) is 14.7 Å². The van der Waals surface area contributed by atoms with Gasteiger partial charge in [-0.1, -0.05) is 36.3 Å². The van der Waals surface area contributed by atoms with E-state index in [4.69, 9.17) is 6.42 Å². The van der Waals surface area contributed by atoms with E-state index in [1.165, 1.54) is 11.8 Å². The van der Waals surface area contributed by atoms with Crippen LogP contribution in [0, 0.1) is 12.3 Å². The Morgan fingerprint density at radius 3 is 2.45 bits per heavy atom. The monoisotopic (exact) mass is 274 g/mol. The van der Waals surface area contributed by atoms with Gasteiger partial charge in [0.25, 0.3) is 0 Å². The van der Waals surface area contributed by atoms with Crippen LogP contribution in [0.25, 0.3) is 0 Å². The van der Waals surface area contributed by atoms with Crippen molar-refractivity contribution in [1.29, 1.82) is 0 Å².